The second-order valence-corrected chi connectivity index (χ2v) is 9.00. The average molecular weight is 462 g/mol. The third kappa shape index (κ3) is 5.06. The van der Waals surface area contributed by atoms with Crippen LogP contribution in [-0.4, -0.2) is 42.1 Å². The Balaban J connectivity index is 1.80. The van der Waals surface area contributed by atoms with Crippen LogP contribution in [0.2, 0.25) is 0 Å². The van der Waals surface area contributed by atoms with E-state index < -0.39 is 17.6 Å². The summed E-state index contributed by atoms with van der Waals surface area (Å²) in [5.74, 6) is -0.482. The van der Waals surface area contributed by atoms with E-state index in [2.05, 4.69) is 15.4 Å². The Morgan fingerprint density at radius 2 is 1.88 bits per heavy atom. The van der Waals surface area contributed by atoms with Crippen molar-refractivity contribution >= 4 is 23.0 Å². The summed E-state index contributed by atoms with van der Waals surface area (Å²) in [5.41, 5.74) is 9.49. The van der Waals surface area contributed by atoms with E-state index in [1.165, 1.54) is 4.68 Å². The minimum Gasteiger partial charge on any atom is -0.444 e. The van der Waals surface area contributed by atoms with Crippen molar-refractivity contribution < 1.29 is 14.3 Å². The number of carbonyl (C=O) groups is 2. The number of alkyl carbamates (subject to hydrolysis) is 1. The number of nitrogens with two attached hydrogens (primary N) is 1. The fourth-order valence-electron chi connectivity index (χ4n) is 3.56. The van der Waals surface area contributed by atoms with Gasteiger partial charge in [0.15, 0.2) is 5.65 Å². The van der Waals surface area contributed by atoms with Gasteiger partial charge in [0.1, 0.15) is 12.1 Å². The van der Waals surface area contributed by atoms with Gasteiger partial charge in [-0.1, -0.05) is 17.7 Å². The first-order valence-electron chi connectivity index (χ1n) is 10.8. The van der Waals surface area contributed by atoms with Crippen molar-refractivity contribution in [1.29, 1.82) is 0 Å². The molecule has 3 N–H and O–H groups in total. The largest absolute Gasteiger partial charge is 0.444 e. The molecule has 10 nitrogen and oxygen atoms in total. The van der Waals surface area contributed by atoms with Gasteiger partial charge in [-0.3, -0.25) is 9.48 Å². The van der Waals surface area contributed by atoms with Gasteiger partial charge >= 0.3 is 6.09 Å². The highest BCUT2D eigenvalue weighted by molar-refractivity contribution is 5.95. The normalized spacial score (nSPS) is 11.5. The van der Waals surface area contributed by atoms with E-state index >= 15 is 0 Å². The summed E-state index contributed by atoms with van der Waals surface area (Å²) >= 11 is 0. The minimum absolute atomic E-state index is 0.0239. The monoisotopic (exact) mass is 461 g/mol. The Hall–Kier alpha value is -4.21. The highest BCUT2D eigenvalue weighted by Crippen LogP contribution is 2.31. The maximum absolute atomic E-state index is 12.3. The second-order valence-electron chi connectivity index (χ2n) is 9.00. The Bertz CT molecular complexity index is 1350. The number of hydrogen-bond acceptors (Lipinski definition) is 6. The Morgan fingerprint density at radius 1 is 1.15 bits per heavy atom. The van der Waals surface area contributed by atoms with E-state index in [4.69, 9.17) is 15.6 Å². The molecule has 0 unspecified atom stereocenters. The standard InChI is InChI=1S/C24H27N7O3/c1-15-5-7-17(8-6-15)31-22-21(19(29-31)12-27-23(33)34-24(2,3)4)18(9-10-26-22)16-11-28-30(13-16)14-20(25)32/h5-11,13H,12,14H2,1-4H3,(H2,25,32)(H,27,33). The summed E-state index contributed by atoms with van der Waals surface area (Å²) in [7, 11) is 0. The molecule has 176 valence electrons. The van der Waals surface area contributed by atoms with E-state index in [9.17, 15) is 9.59 Å². The van der Waals surface area contributed by atoms with Crippen LogP contribution < -0.4 is 11.1 Å². The molecule has 0 saturated carbocycles. The summed E-state index contributed by atoms with van der Waals surface area (Å²) < 4.78 is 8.60. The highest BCUT2D eigenvalue weighted by atomic mass is 16.6. The molecule has 0 aliphatic carbocycles. The van der Waals surface area contributed by atoms with Gasteiger partial charge in [-0.2, -0.15) is 10.2 Å². The van der Waals surface area contributed by atoms with Crippen molar-refractivity contribution in [1.82, 2.24) is 29.9 Å². The smallest absolute Gasteiger partial charge is 0.407 e. The molecule has 4 aromatic rings. The molecule has 0 fully saturated rings. The lowest BCUT2D eigenvalue weighted by molar-refractivity contribution is -0.118. The molecule has 0 aliphatic heterocycles. The molecule has 0 spiro atoms. The molecule has 34 heavy (non-hydrogen) atoms. The number of hydrogen-bond donors (Lipinski definition) is 2. The fraction of sp³-hybridized carbons (Fsp3) is 0.292. The van der Waals surface area contributed by atoms with Crippen molar-refractivity contribution in [2.75, 3.05) is 0 Å². The van der Waals surface area contributed by atoms with Crippen LogP contribution in [0, 0.1) is 6.92 Å². The van der Waals surface area contributed by atoms with E-state index in [-0.39, 0.29) is 13.1 Å². The second kappa shape index (κ2) is 8.97. The first kappa shape index (κ1) is 23.0. The molecule has 0 atom stereocenters. The van der Waals surface area contributed by atoms with Gasteiger partial charge in [-0.25, -0.2) is 14.5 Å². The molecule has 3 heterocycles. The first-order chi connectivity index (χ1) is 16.1. The van der Waals surface area contributed by atoms with Gasteiger partial charge in [0.25, 0.3) is 0 Å². The minimum atomic E-state index is -0.616. The Kier molecular flexibility index (Phi) is 6.06. The third-order valence-corrected chi connectivity index (χ3v) is 4.98. The molecule has 10 heteroatoms. The molecule has 4 rings (SSSR count). The van der Waals surface area contributed by atoms with Gasteiger partial charge in [0.2, 0.25) is 5.91 Å². The zero-order valence-corrected chi connectivity index (χ0v) is 19.6. The maximum atomic E-state index is 12.3. The topological polar surface area (TPSA) is 130 Å². The molecule has 2 amide bonds. The third-order valence-electron chi connectivity index (χ3n) is 4.98. The van der Waals surface area contributed by atoms with Crippen molar-refractivity contribution in [3.63, 3.8) is 0 Å². The molecule has 0 radical (unpaired) electrons. The van der Waals surface area contributed by atoms with Crippen LogP contribution in [0.15, 0.2) is 48.9 Å². The average Bonchev–Trinajstić information content (AvgIpc) is 3.36. The summed E-state index contributed by atoms with van der Waals surface area (Å²) in [4.78, 5) is 28.2. The molecular weight excluding hydrogens is 434 g/mol. The van der Waals surface area contributed by atoms with Crippen LogP contribution in [0.1, 0.15) is 32.0 Å². The van der Waals surface area contributed by atoms with Crippen molar-refractivity contribution in [2.45, 2.75) is 46.4 Å². The molecule has 0 aliphatic rings. The van der Waals surface area contributed by atoms with Gasteiger partial charge in [0.05, 0.1) is 29.5 Å². The number of aromatic nitrogens is 5. The molecule has 1 aromatic carbocycles. The van der Waals surface area contributed by atoms with E-state index in [0.29, 0.717) is 11.3 Å². The predicted octanol–water partition coefficient (Wildman–Crippen LogP) is 3.10. The number of nitrogens with one attached hydrogen (secondary N) is 1. The highest BCUT2D eigenvalue weighted by Gasteiger charge is 2.21. The number of nitrogens with zero attached hydrogens (tertiary/aromatic N) is 5. The molecule has 0 bridgehead atoms. The summed E-state index contributed by atoms with van der Waals surface area (Å²) in [6.45, 7) is 7.54. The zero-order valence-electron chi connectivity index (χ0n) is 19.6. The van der Waals surface area contributed by atoms with E-state index in [1.54, 1.807) is 44.0 Å². The van der Waals surface area contributed by atoms with Gasteiger partial charge in [-0.15, -0.1) is 0 Å². The lowest BCUT2D eigenvalue weighted by Gasteiger charge is -2.19. The number of carbonyl (C=O) groups excluding carboxylic acids is 2. The predicted molar refractivity (Wildman–Crippen MR) is 127 cm³/mol. The zero-order chi connectivity index (χ0) is 24.5. The summed E-state index contributed by atoms with van der Waals surface area (Å²) in [6, 6.07) is 9.78. The fourth-order valence-corrected chi connectivity index (χ4v) is 3.56. The van der Waals surface area contributed by atoms with Crippen molar-refractivity contribution in [3.05, 3.63) is 60.2 Å². The molecule has 0 saturated heterocycles. The van der Waals surface area contributed by atoms with Crippen LogP contribution >= 0.6 is 0 Å². The number of benzene rings is 1. The number of fused-ring (bicyclic) bond motifs is 1. The number of primary amides is 1. The first-order valence-corrected chi connectivity index (χ1v) is 10.8. The number of amides is 2. The lowest BCUT2D eigenvalue weighted by atomic mass is 10.1. The van der Waals surface area contributed by atoms with E-state index in [1.807, 2.05) is 37.3 Å². The van der Waals surface area contributed by atoms with E-state index in [0.717, 1.165) is 27.8 Å². The van der Waals surface area contributed by atoms with Crippen LogP contribution in [0.5, 0.6) is 0 Å². The van der Waals surface area contributed by atoms with Crippen LogP contribution in [-0.2, 0) is 22.6 Å². The lowest BCUT2D eigenvalue weighted by Crippen LogP contribution is -2.32. The Morgan fingerprint density at radius 3 is 2.56 bits per heavy atom. The van der Waals surface area contributed by atoms with Crippen molar-refractivity contribution in [2.24, 2.45) is 5.73 Å². The Labute approximate surface area is 196 Å². The van der Waals surface area contributed by atoms with Crippen LogP contribution in [0.4, 0.5) is 4.79 Å². The quantitative estimate of drug-likeness (QED) is 0.454. The molecular formula is C24H27N7O3. The van der Waals surface area contributed by atoms with Crippen molar-refractivity contribution in [3.8, 4) is 16.8 Å². The number of ether oxygens (including phenoxy) is 1. The van der Waals surface area contributed by atoms with Crippen LogP contribution in [0.3, 0.4) is 0 Å². The maximum Gasteiger partial charge on any atom is 0.407 e. The van der Waals surface area contributed by atoms with Crippen LogP contribution in [0.25, 0.3) is 27.8 Å². The van der Waals surface area contributed by atoms with Gasteiger partial charge in [0, 0.05) is 18.0 Å². The van der Waals surface area contributed by atoms with Gasteiger partial charge < -0.3 is 15.8 Å². The van der Waals surface area contributed by atoms with Gasteiger partial charge in [-0.05, 0) is 51.5 Å². The SMILES string of the molecule is Cc1ccc(-n2nc(CNC(=O)OC(C)(C)C)c3c(-c4cnn(CC(N)=O)c4)ccnc32)cc1. The molecule has 3 aromatic heterocycles. The summed E-state index contributed by atoms with van der Waals surface area (Å²) in [6.07, 6.45) is 4.56. The number of aryl methyl sites for hydroxylation is 1. The number of pyridine rings is 1. The number of rotatable bonds is 6. The summed E-state index contributed by atoms with van der Waals surface area (Å²) in [5, 5.41) is 12.6.